The summed E-state index contributed by atoms with van der Waals surface area (Å²) in [5, 5.41) is 18.5. The molecule has 0 aliphatic carbocycles. The standard InChI is InChI=1S/C35H56N7O6S2/c1-9-10-16-41(5,6)18-22-46-20-14-40(15-21-47-24-25-48-23-19-42(7,8)17-11-26-50(43,44)45)31-12-13-32(29(2)27-31)38-39-35-34(37-4)30(3)33(28-36)49-35/h12-13,27H,9-11,14-26H2,1-3,5-8H3/q+1/p+1/b39-38+. The van der Waals surface area contributed by atoms with E-state index in [1.807, 2.05) is 33.2 Å². The molecule has 0 radical (unpaired) electrons. The van der Waals surface area contributed by atoms with Crippen LogP contribution in [0.1, 0.15) is 42.2 Å². The van der Waals surface area contributed by atoms with Crippen molar-refractivity contribution in [3.63, 3.8) is 0 Å². The molecule has 0 spiro atoms. The van der Waals surface area contributed by atoms with Crippen LogP contribution in [0.25, 0.3) is 4.85 Å². The third kappa shape index (κ3) is 16.4. The highest BCUT2D eigenvalue weighted by molar-refractivity contribution is 7.85. The Hall–Kier alpha value is -2.99. The van der Waals surface area contributed by atoms with Gasteiger partial charge in [-0.15, -0.1) is 11.3 Å². The van der Waals surface area contributed by atoms with Crippen molar-refractivity contribution >= 4 is 43.5 Å². The van der Waals surface area contributed by atoms with Gasteiger partial charge in [-0.2, -0.15) is 23.9 Å². The Morgan fingerprint density at radius 3 is 2.04 bits per heavy atom. The zero-order valence-electron chi connectivity index (χ0n) is 31.0. The first-order chi connectivity index (χ1) is 23.6. The van der Waals surface area contributed by atoms with E-state index in [1.165, 1.54) is 24.2 Å². The lowest BCUT2D eigenvalue weighted by molar-refractivity contribution is -0.890. The van der Waals surface area contributed by atoms with Crippen molar-refractivity contribution in [2.24, 2.45) is 10.2 Å². The number of thiophene rings is 1. The molecule has 1 aromatic heterocycles. The number of quaternary nitrogens is 2. The predicted molar refractivity (Wildman–Crippen MR) is 200 cm³/mol. The van der Waals surface area contributed by atoms with Crippen LogP contribution in [0.4, 0.5) is 22.1 Å². The van der Waals surface area contributed by atoms with E-state index in [2.05, 4.69) is 53.1 Å². The number of unbranched alkanes of at least 4 members (excludes halogenated alkanes) is 1. The third-order valence-electron chi connectivity index (χ3n) is 8.45. The summed E-state index contributed by atoms with van der Waals surface area (Å²) in [6.07, 6.45) is 2.77. The van der Waals surface area contributed by atoms with Crippen LogP contribution in [0.15, 0.2) is 28.4 Å². The van der Waals surface area contributed by atoms with Crippen molar-refractivity contribution in [1.29, 1.82) is 5.26 Å². The van der Waals surface area contributed by atoms with Crippen molar-refractivity contribution in [3.05, 3.63) is 45.6 Å². The van der Waals surface area contributed by atoms with Gasteiger partial charge in [0.25, 0.3) is 10.1 Å². The number of hydrogen-bond donors (Lipinski definition) is 1. The van der Waals surface area contributed by atoms with Crippen molar-refractivity contribution in [2.45, 2.75) is 40.0 Å². The van der Waals surface area contributed by atoms with Gasteiger partial charge in [0.1, 0.15) is 24.2 Å². The maximum Gasteiger partial charge on any atom is 0.265 e. The smallest absolute Gasteiger partial charge is 0.265 e. The Morgan fingerprint density at radius 2 is 1.50 bits per heavy atom. The van der Waals surface area contributed by atoms with E-state index in [-0.39, 0.29) is 5.75 Å². The molecule has 1 aromatic carbocycles. The molecule has 50 heavy (non-hydrogen) atoms. The number of likely N-dealkylation sites (N-methyl/N-ethyl adjacent to an activating group) is 2. The molecule has 0 atom stereocenters. The van der Waals surface area contributed by atoms with Crippen molar-refractivity contribution in [3.8, 4) is 6.07 Å². The van der Waals surface area contributed by atoms with Crippen LogP contribution in [-0.2, 0) is 24.3 Å². The molecule has 0 fully saturated rings. The highest BCUT2D eigenvalue weighted by Gasteiger charge is 2.18. The summed E-state index contributed by atoms with van der Waals surface area (Å²) in [6.45, 7) is 21.4. The van der Waals surface area contributed by atoms with Crippen molar-refractivity contribution in [1.82, 2.24) is 0 Å². The largest absolute Gasteiger partial charge is 0.377 e. The van der Waals surface area contributed by atoms with Gasteiger partial charge >= 0.3 is 0 Å². The maximum atomic E-state index is 11.0. The second kappa shape index (κ2) is 21.4. The molecule has 278 valence electrons. The lowest BCUT2D eigenvalue weighted by atomic mass is 10.1. The lowest BCUT2D eigenvalue weighted by Crippen LogP contribution is -2.43. The van der Waals surface area contributed by atoms with Gasteiger partial charge < -0.3 is 28.1 Å². The molecule has 1 N–H and O–H groups in total. The van der Waals surface area contributed by atoms with E-state index < -0.39 is 10.1 Å². The molecule has 13 nitrogen and oxygen atoms in total. The summed E-state index contributed by atoms with van der Waals surface area (Å²) >= 11 is 1.18. The molecule has 2 aromatic rings. The van der Waals surface area contributed by atoms with E-state index >= 15 is 0 Å². The van der Waals surface area contributed by atoms with Crippen LogP contribution in [-0.4, -0.2) is 135 Å². The van der Waals surface area contributed by atoms with Gasteiger partial charge in [0.2, 0.25) is 5.69 Å². The third-order valence-corrected chi connectivity index (χ3v) is 10.3. The fourth-order valence-electron chi connectivity index (χ4n) is 5.10. The quantitative estimate of drug-likeness (QED) is 0.0413. The zero-order chi connectivity index (χ0) is 37.2. The number of anilines is 1. The normalized spacial score (nSPS) is 12.4. The number of nitrogens with zero attached hydrogens (tertiary/aromatic N) is 7. The van der Waals surface area contributed by atoms with Crippen molar-refractivity contribution < 1.29 is 36.1 Å². The Balaban J connectivity index is 1.96. The number of rotatable bonds is 25. The molecule has 0 aliphatic heterocycles. The Bertz CT molecular complexity index is 1560. The molecule has 0 aliphatic rings. The predicted octanol–water partition coefficient (Wildman–Crippen LogP) is 6.29. The van der Waals surface area contributed by atoms with Gasteiger partial charge in [-0.25, -0.2) is 4.85 Å². The molecule has 0 unspecified atom stereocenters. The molecule has 0 saturated carbocycles. The molecule has 0 amide bonds. The molecule has 0 bridgehead atoms. The maximum absolute atomic E-state index is 11.0. The number of nitriles is 1. The van der Waals surface area contributed by atoms with Gasteiger partial charge in [-0.3, -0.25) is 4.55 Å². The summed E-state index contributed by atoms with van der Waals surface area (Å²) in [5.74, 6) is -0.233. The zero-order valence-corrected chi connectivity index (χ0v) is 32.6. The van der Waals surface area contributed by atoms with Gasteiger partial charge in [-0.1, -0.05) is 13.3 Å². The van der Waals surface area contributed by atoms with Crippen LogP contribution in [0, 0.1) is 31.8 Å². The fourth-order valence-corrected chi connectivity index (χ4v) is 6.45. The van der Waals surface area contributed by atoms with E-state index in [0.29, 0.717) is 97.0 Å². The minimum atomic E-state index is -3.94. The highest BCUT2D eigenvalue weighted by Crippen LogP contribution is 2.42. The minimum absolute atomic E-state index is 0.233. The molecule has 1 heterocycles. The summed E-state index contributed by atoms with van der Waals surface area (Å²) < 4.78 is 50.2. The molecular weight excluding hydrogens is 679 g/mol. The number of aryl methyl sites for hydroxylation is 1. The minimum Gasteiger partial charge on any atom is -0.377 e. The van der Waals surface area contributed by atoms with E-state index in [0.717, 1.165) is 35.4 Å². The second-order valence-electron chi connectivity index (χ2n) is 13.7. The Morgan fingerprint density at radius 1 is 0.920 bits per heavy atom. The summed E-state index contributed by atoms with van der Waals surface area (Å²) in [7, 11) is 4.56. The second-order valence-corrected chi connectivity index (χ2v) is 16.3. The number of hydrogen-bond acceptors (Lipinski definition) is 10. The van der Waals surface area contributed by atoms with Gasteiger partial charge in [0.05, 0.1) is 104 Å². The average molecular weight is 736 g/mol. The van der Waals surface area contributed by atoms with Crippen LogP contribution in [0.2, 0.25) is 0 Å². The highest BCUT2D eigenvalue weighted by atomic mass is 32.2. The summed E-state index contributed by atoms with van der Waals surface area (Å²) in [4.78, 5) is 6.26. The van der Waals surface area contributed by atoms with Gasteiger partial charge in [0, 0.05) is 25.2 Å². The van der Waals surface area contributed by atoms with Gasteiger partial charge in [0.15, 0.2) is 0 Å². The topological polar surface area (TPSA) is 138 Å². The molecule has 15 heteroatoms. The van der Waals surface area contributed by atoms with Crippen LogP contribution < -0.4 is 4.90 Å². The first-order valence-electron chi connectivity index (χ1n) is 17.1. The Kier molecular flexibility index (Phi) is 18.5. The Labute approximate surface area is 303 Å². The van der Waals surface area contributed by atoms with Crippen LogP contribution in [0.5, 0.6) is 0 Å². The number of ether oxygens (including phenoxy) is 3. The monoisotopic (exact) mass is 735 g/mol. The fraction of sp³-hybridized carbons (Fsp3) is 0.657. The summed E-state index contributed by atoms with van der Waals surface area (Å²) in [6, 6.07) is 8.10. The van der Waals surface area contributed by atoms with Crippen LogP contribution >= 0.6 is 11.3 Å². The SMILES string of the molecule is [C-]#[N+]c1c(/N=N/c2ccc(N(CCOCCOCC[N+](C)(C)CCCS(=O)(=O)O)CCOCC[N+](C)(C)CCCC)cc2C)sc(C#N)c1C. The molecule has 2 rings (SSSR count). The lowest BCUT2D eigenvalue weighted by Gasteiger charge is -2.30. The van der Waals surface area contributed by atoms with E-state index in [9.17, 15) is 13.7 Å². The molecule has 0 saturated heterocycles. The first-order valence-corrected chi connectivity index (χ1v) is 19.5. The van der Waals surface area contributed by atoms with E-state index in [1.54, 1.807) is 6.92 Å². The molecular formula is C35H57N7O6S2+2. The summed E-state index contributed by atoms with van der Waals surface area (Å²) in [5.41, 5.74) is 3.63. The average Bonchev–Trinajstić information content (AvgIpc) is 3.36. The van der Waals surface area contributed by atoms with Crippen molar-refractivity contribution in [2.75, 3.05) is 118 Å². The van der Waals surface area contributed by atoms with Gasteiger partial charge in [-0.05, 0) is 49.6 Å². The number of azo groups is 1. The number of benzene rings is 1. The van der Waals surface area contributed by atoms with E-state index in [4.69, 9.17) is 25.3 Å². The van der Waals surface area contributed by atoms with Crippen LogP contribution in [0.3, 0.4) is 0 Å². The first kappa shape index (κ1) is 43.2.